The lowest BCUT2D eigenvalue weighted by Crippen LogP contribution is -2.07. The summed E-state index contributed by atoms with van der Waals surface area (Å²) in [5.74, 6) is 0.863. The van der Waals surface area contributed by atoms with Crippen molar-refractivity contribution in [2.75, 3.05) is 0 Å². The van der Waals surface area contributed by atoms with Gasteiger partial charge < -0.3 is 0 Å². The molecule has 0 saturated carbocycles. The molecule has 0 nitrogen and oxygen atoms in total. The van der Waals surface area contributed by atoms with Crippen molar-refractivity contribution in [1.29, 1.82) is 0 Å². The lowest BCUT2D eigenvalue weighted by molar-refractivity contribution is 0.802. The molecule has 0 unspecified atom stereocenters. The van der Waals surface area contributed by atoms with Gasteiger partial charge in [-0.25, -0.2) is 0 Å². The molecule has 1 aromatic carbocycles. The van der Waals surface area contributed by atoms with E-state index in [1.54, 1.807) is 0 Å². The van der Waals surface area contributed by atoms with Gasteiger partial charge in [0.1, 0.15) is 0 Å². The van der Waals surface area contributed by atoms with Gasteiger partial charge in [-0.1, -0.05) is 50.0 Å². The Kier molecular flexibility index (Phi) is 4.17. The molecule has 0 saturated heterocycles. The Labute approximate surface area is 100.0 Å². The van der Waals surface area contributed by atoms with Crippen LogP contribution in [-0.2, 0) is 5.75 Å². The minimum atomic E-state index is 0.239. The van der Waals surface area contributed by atoms with Gasteiger partial charge in [0, 0.05) is 20.5 Å². The third-order valence-electron chi connectivity index (χ3n) is 1.71. The first kappa shape index (κ1) is 12.2. The quantitative estimate of drug-likeness (QED) is 0.708. The molecule has 0 aliphatic heterocycles. The van der Waals surface area contributed by atoms with Crippen LogP contribution in [-0.4, -0.2) is 4.75 Å². The van der Waals surface area contributed by atoms with Crippen LogP contribution in [0.2, 0.25) is 10.0 Å². The van der Waals surface area contributed by atoms with Crippen LogP contribution in [0, 0.1) is 0 Å². The third-order valence-corrected chi connectivity index (χ3v) is 3.72. The first-order chi connectivity index (χ1) is 6.40. The van der Waals surface area contributed by atoms with E-state index in [1.165, 1.54) is 0 Å². The van der Waals surface area contributed by atoms with E-state index in [4.69, 9.17) is 23.2 Å². The zero-order valence-corrected chi connectivity index (χ0v) is 10.9. The molecular formula is C11H14Cl2S. The summed E-state index contributed by atoms with van der Waals surface area (Å²) in [6, 6.07) is 5.63. The standard InChI is InChI=1S/C11H14Cl2S/c1-11(2,3)14-7-8-9(12)5-4-6-10(8)13/h4-6H,7H2,1-3H3. The van der Waals surface area contributed by atoms with E-state index >= 15 is 0 Å². The number of thioether (sulfide) groups is 1. The maximum Gasteiger partial charge on any atom is 0.0461 e. The second kappa shape index (κ2) is 4.78. The molecule has 0 aliphatic rings. The van der Waals surface area contributed by atoms with Crippen molar-refractivity contribution in [2.24, 2.45) is 0 Å². The largest absolute Gasteiger partial charge is 0.151 e. The van der Waals surface area contributed by atoms with E-state index < -0.39 is 0 Å². The number of hydrogen-bond donors (Lipinski definition) is 0. The molecule has 0 atom stereocenters. The van der Waals surface area contributed by atoms with Crippen LogP contribution in [0.1, 0.15) is 26.3 Å². The molecule has 1 aromatic rings. The summed E-state index contributed by atoms with van der Waals surface area (Å²) < 4.78 is 0.239. The van der Waals surface area contributed by atoms with Crippen LogP contribution in [0.15, 0.2) is 18.2 Å². The van der Waals surface area contributed by atoms with Crippen molar-refractivity contribution in [1.82, 2.24) is 0 Å². The van der Waals surface area contributed by atoms with Crippen molar-refractivity contribution in [2.45, 2.75) is 31.3 Å². The van der Waals surface area contributed by atoms with Gasteiger partial charge in [-0.2, -0.15) is 11.8 Å². The van der Waals surface area contributed by atoms with Crippen molar-refractivity contribution in [3.63, 3.8) is 0 Å². The zero-order valence-electron chi connectivity index (χ0n) is 8.60. The first-order valence-corrected chi connectivity index (χ1v) is 6.21. The van der Waals surface area contributed by atoms with Gasteiger partial charge in [0.25, 0.3) is 0 Å². The summed E-state index contributed by atoms with van der Waals surface area (Å²) in [5, 5.41) is 1.52. The maximum atomic E-state index is 6.06. The van der Waals surface area contributed by atoms with Crippen LogP contribution in [0.4, 0.5) is 0 Å². The van der Waals surface area contributed by atoms with Crippen molar-refractivity contribution >= 4 is 35.0 Å². The highest BCUT2D eigenvalue weighted by molar-refractivity contribution is 7.99. The van der Waals surface area contributed by atoms with Gasteiger partial charge in [-0.3, -0.25) is 0 Å². The molecule has 0 aromatic heterocycles. The average Bonchev–Trinajstić information content (AvgIpc) is 2.01. The summed E-state index contributed by atoms with van der Waals surface area (Å²) in [6.07, 6.45) is 0. The SMILES string of the molecule is CC(C)(C)SCc1c(Cl)cccc1Cl. The molecular weight excluding hydrogens is 235 g/mol. The van der Waals surface area contributed by atoms with Gasteiger partial charge in [0.2, 0.25) is 0 Å². The Balaban J connectivity index is 2.77. The predicted octanol–water partition coefficient (Wildman–Crippen LogP) is 5.03. The molecule has 0 amide bonds. The predicted molar refractivity (Wildman–Crippen MR) is 67.5 cm³/mol. The monoisotopic (exact) mass is 248 g/mol. The highest BCUT2D eigenvalue weighted by Crippen LogP contribution is 2.33. The average molecular weight is 249 g/mol. The van der Waals surface area contributed by atoms with E-state index in [2.05, 4.69) is 20.8 Å². The van der Waals surface area contributed by atoms with Crippen LogP contribution >= 0.6 is 35.0 Å². The minimum absolute atomic E-state index is 0.239. The van der Waals surface area contributed by atoms with Gasteiger partial charge in [-0.15, -0.1) is 0 Å². The van der Waals surface area contributed by atoms with Crippen molar-refractivity contribution < 1.29 is 0 Å². The Morgan fingerprint density at radius 2 is 1.64 bits per heavy atom. The molecule has 78 valence electrons. The topological polar surface area (TPSA) is 0 Å². The smallest absolute Gasteiger partial charge is 0.0461 e. The molecule has 0 aliphatic carbocycles. The summed E-state index contributed by atoms with van der Waals surface area (Å²) >= 11 is 14.0. The lowest BCUT2D eigenvalue weighted by Gasteiger charge is -2.18. The van der Waals surface area contributed by atoms with Gasteiger partial charge in [0.15, 0.2) is 0 Å². The molecule has 3 heteroatoms. The molecule has 1 rings (SSSR count). The third kappa shape index (κ3) is 3.72. The fourth-order valence-electron chi connectivity index (χ4n) is 0.959. The van der Waals surface area contributed by atoms with Crippen LogP contribution < -0.4 is 0 Å². The number of rotatable bonds is 2. The normalized spacial score (nSPS) is 11.8. The van der Waals surface area contributed by atoms with Gasteiger partial charge in [0.05, 0.1) is 0 Å². The molecule has 0 bridgehead atoms. The van der Waals surface area contributed by atoms with E-state index in [0.717, 1.165) is 21.4 Å². The highest BCUT2D eigenvalue weighted by Gasteiger charge is 2.13. The second-order valence-corrected chi connectivity index (χ2v) is 6.72. The van der Waals surface area contributed by atoms with Gasteiger partial charge in [-0.05, 0) is 17.7 Å². The Bertz CT molecular complexity index is 295. The fourth-order valence-corrected chi connectivity index (χ4v) is 2.54. The summed E-state index contributed by atoms with van der Waals surface area (Å²) in [5.41, 5.74) is 1.04. The molecule has 0 fully saturated rings. The van der Waals surface area contributed by atoms with E-state index in [1.807, 2.05) is 30.0 Å². The fraction of sp³-hybridized carbons (Fsp3) is 0.455. The highest BCUT2D eigenvalue weighted by atomic mass is 35.5. The summed E-state index contributed by atoms with van der Waals surface area (Å²) in [7, 11) is 0. The van der Waals surface area contributed by atoms with Crippen molar-refractivity contribution in [3.8, 4) is 0 Å². The number of hydrogen-bond acceptors (Lipinski definition) is 1. The minimum Gasteiger partial charge on any atom is -0.151 e. The molecule has 0 N–H and O–H groups in total. The summed E-state index contributed by atoms with van der Waals surface area (Å²) in [6.45, 7) is 6.55. The molecule has 0 heterocycles. The van der Waals surface area contributed by atoms with E-state index in [0.29, 0.717) is 0 Å². The Morgan fingerprint density at radius 1 is 1.14 bits per heavy atom. The zero-order chi connectivity index (χ0) is 10.8. The van der Waals surface area contributed by atoms with E-state index in [9.17, 15) is 0 Å². The van der Waals surface area contributed by atoms with Crippen LogP contribution in [0.3, 0.4) is 0 Å². The van der Waals surface area contributed by atoms with E-state index in [-0.39, 0.29) is 4.75 Å². The molecule has 0 radical (unpaired) electrons. The van der Waals surface area contributed by atoms with Crippen LogP contribution in [0.25, 0.3) is 0 Å². The number of benzene rings is 1. The molecule has 14 heavy (non-hydrogen) atoms. The van der Waals surface area contributed by atoms with Crippen LogP contribution in [0.5, 0.6) is 0 Å². The second-order valence-electron chi connectivity index (χ2n) is 4.10. The van der Waals surface area contributed by atoms with Gasteiger partial charge >= 0.3 is 0 Å². The number of halogens is 2. The Morgan fingerprint density at radius 3 is 2.07 bits per heavy atom. The first-order valence-electron chi connectivity index (χ1n) is 4.47. The van der Waals surface area contributed by atoms with Crippen molar-refractivity contribution in [3.05, 3.63) is 33.8 Å². The summed E-state index contributed by atoms with van der Waals surface area (Å²) in [4.78, 5) is 0. The Hall–Kier alpha value is 0.150. The maximum absolute atomic E-state index is 6.06. The lowest BCUT2D eigenvalue weighted by atomic mass is 10.2. The molecule has 0 spiro atoms.